The molecule has 6 N–H and O–H groups in total. The molecule has 0 saturated carbocycles. The van der Waals surface area contributed by atoms with Crippen molar-refractivity contribution in [1.29, 1.82) is 0 Å². The number of nitrogens with one attached hydrogen (secondary N) is 2. The lowest BCUT2D eigenvalue weighted by Gasteiger charge is -2.27. The first-order valence-corrected chi connectivity index (χ1v) is 9.90. The Hall–Kier alpha value is -2.79. The standard InChI is InChI=1S/C24H33FN4/c1-14(2)24(16(4)27)29-18(6)23(25)13-22(15(3)26)17(5)28-21-11-10-19-8-7-9-20(19)12-21/h7-8,10-14,16,24,28-29H,3,6,9,26-27H2,1-2,4-5H3/b22-17-,23-13+/t16-,24?/m0/s1. The lowest BCUT2D eigenvalue weighted by atomic mass is 9.97. The van der Waals surface area contributed by atoms with E-state index in [0.29, 0.717) is 11.3 Å². The van der Waals surface area contributed by atoms with Gasteiger partial charge in [0.1, 0.15) is 5.83 Å². The summed E-state index contributed by atoms with van der Waals surface area (Å²) in [4.78, 5) is 0. The van der Waals surface area contributed by atoms with Crippen LogP contribution in [0.3, 0.4) is 0 Å². The highest BCUT2D eigenvalue weighted by molar-refractivity contribution is 5.65. The van der Waals surface area contributed by atoms with Crippen molar-refractivity contribution in [1.82, 2.24) is 5.32 Å². The van der Waals surface area contributed by atoms with Crippen molar-refractivity contribution in [2.75, 3.05) is 5.32 Å². The van der Waals surface area contributed by atoms with Crippen LogP contribution in [0, 0.1) is 5.92 Å². The van der Waals surface area contributed by atoms with Gasteiger partial charge in [0.15, 0.2) is 0 Å². The first kappa shape index (κ1) is 22.5. The Kier molecular flexibility index (Phi) is 7.46. The number of anilines is 1. The molecule has 0 radical (unpaired) electrons. The van der Waals surface area contributed by atoms with Gasteiger partial charge < -0.3 is 22.1 Å². The van der Waals surface area contributed by atoms with E-state index in [9.17, 15) is 4.39 Å². The molecule has 0 bridgehead atoms. The number of rotatable bonds is 9. The first-order valence-electron chi connectivity index (χ1n) is 9.90. The fourth-order valence-corrected chi connectivity index (χ4v) is 3.45. The van der Waals surface area contributed by atoms with Crippen LogP contribution < -0.4 is 22.1 Å². The molecular formula is C24H33FN4. The summed E-state index contributed by atoms with van der Waals surface area (Å²) < 4.78 is 14.9. The van der Waals surface area contributed by atoms with Crippen LogP contribution in [0.25, 0.3) is 6.08 Å². The second-order valence-electron chi connectivity index (χ2n) is 7.95. The van der Waals surface area contributed by atoms with Gasteiger partial charge in [-0.1, -0.05) is 45.2 Å². The van der Waals surface area contributed by atoms with Crippen molar-refractivity contribution in [3.63, 3.8) is 0 Å². The summed E-state index contributed by atoms with van der Waals surface area (Å²) in [5.74, 6) is -0.269. The average Bonchev–Trinajstić information content (AvgIpc) is 3.10. The van der Waals surface area contributed by atoms with Crippen molar-refractivity contribution in [3.05, 3.63) is 83.1 Å². The zero-order valence-corrected chi connectivity index (χ0v) is 17.9. The van der Waals surface area contributed by atoms with Crippen LogP contribution in [-0.4, -0.2) is 12.1 Å². The van der Waals surface area contributed by atoms with Crippen molar-refractivity contribution in [2.24, 2.45) is 17.4 Å². The predicted octanol–water partition coefficient (Wildman–Crippen LogP) is 4.74. The third-order valence-electron chi connectivity index (χ3n) is 5.04. The molecule has 2 rings (SSSR count). The van der Waals surface area contributed by atoms with E-state index >= 15 is 0 Å². The van der Waals surface area contributed by atoms with Gasteiger partial charge >= 0.3 is 0 Å². The van der Waals surface area contributed by atoms with Crippen molar-refractivity contribution in [3.8, 4) is 0 Å². The molecule has 1 aromatic rings. The Labute approximate surface area is 173 Å². The fourth-order valence-electron chi connectivity index (χ4n) is 3.45. The molecule has 0 spiro atoms. The normalized spacial score (nSPS) is 16.2. The average molecular weight is 397 g/mol. The Balaban J connectivity index is 2.22. The molecule has 29 heavy (non-hydrogen) atoms. The number of allylic oxidation sites excluding steroid dienone is 4. The van der Waals surface area contributed by atoms with Gasteiger partial charge in [0.25, 0.3) is 0 Å². The minimum absolute atomic E-state index is 0.0885. The molecule has 0 fully saturated rings. The Morgan fingerprint density at radius 1 is 1.24 bits per heavy atom. The molecule has 4 nitrogen and oxygen atoms in total. The fraction of sp³-hybridized carbons (Fsp3) is 0.333. The minimum atomic E-state index is -0.503. The van der Waals surface area contributed by atoms with Crippen LogP contribution in [0.15, 0.2) is 72.0 Å². The van der Waals surface area contributed by atoms with Crippen LogP contribution in [0.5, 0.6) is 0 Å². The Morgan fingerprint density at radius 2 is 1.93 bits per heavy atom. The Morgan fingerprint density at radius 3 is 2.52 bits per heavy atom. The van der Waals surface area contributed by atoms with Crippen LogP contribution >= 0.6 is 0 Å². The van der Waals surface area contributed by atoms with Gasteiger partial charge in [-0.25, -0.2) is 4.39 Å². The molecule has 1 aliphatic rings. The molecule has 0 heterocycles. The third kappa shape index (κ3) is 5.84. The zero-order valence-electron chi connectivity index (χ0n) is 17.9. The van der Waals surface area contributed by atoms with E-state index in [1.54, 1.807) is 0 Å². The van der Waals surface area contributed by atoms with Gasteiger partial charge in [0.2, 0.25) is 0 Å². The number of hydrogen-bond acceptors (Lipinski definition) is 4. The van der Waals surface area contributed by atoms with Gasteiger partial charge in [-0.05, 0) is 55.5 Å². The number of hydrogen-bond donors (Lipinski definition) is 4. The highest BCUT2D eigenvalue weighted by atomic mass is 19.1. The maximum absolute atomic E-state index is 14.9. The number of fused-ring (bicyclic) bond motifs is 1. The summed E-state index contributed by atoms with van der Waals surface area (Å²) in [6.45, 7) is 15.4. The number of nitrogens with two attached hydrogens (primary N) is 2. The van der Waals surface area contributed by atoms with Crippen LogP contribution in [0.4, 0.5) is 10.1 Å². The highest BCUT2D eigenvalue weighted by Crippen LogP contribution is 2.25. The molecule has 0 aromatic heterocycles. The molecule has 2 atom stereocenters. The number of benzene rings is 1. The highest BCUT2D eigenvalue weighted by Gasteiger charge is 2.19. The molecule has 5 heteroatoms. The van der Waals surface area contributed by atoms with E-state index in [0.717, 1.165) is 12.1 Å². The van der Waals surface area contributed by atoms with E-state index in [1.165, 1.54) is 17.2 Å². The minimum Gasteiger partial charge on any atom is -0.399 e. The van der Waals surface area contributed by atoms with Crippen LogP contribution in [0.2, 0.25) is 0 Å². The first-order chi connectivity index (χ1) is 13.6. The third-order valence-corrected chi connectivity index (χ3v) is 5.04. The number of halogens is 1. The largest absolute Gasteiger partial charge is 0.399 e. The van der Waals surface area contributed by atoms with Crippen molar-refractivity contribution < 1.29 is 4.39 Å². The molecule has 156 valence electrons. The smallest absolute Gasteiger partial charge is 0.146 e. The van der Waals surface area contributed by atoms with Crippen molar-refractivity contribution in [2.45, 2.75) is 46.2 Å². The molecule has 1 aliphatic carbocycles. The molecule has 0 amide bonds. The summed E-state index contributed by atoms with van der Waals surface area (Å²) in [6, 6.07) is 5.91. The summed E-state index contributed by atoms with van der Waals surface area (Å²) >= 11 is 0. The van der Waals surface area contributed by atoms with Crippen LogP contribution in [0.1, 0.15) is 38.8 Å². The predicted molar refractivity (Wildman–Crippen MR) is 123 cm³/mol. The second-order valence-corrected chi connectivity index (χ2v) is 7.95. The van der Waals surface area contributed by atoms with Gasteiger partial charge in [0.05, 0.1) is 5.70 Å². The topological polar surface area (TPSA) is 76.1 Å². The van der Waals surface area contributed by atoms with Crippen molar-refractivity contribution >= 4 is 11.8 Å². The maximum atomic E-state index is 14.9. The quantitative estimate of drug-likeness (QED) is 0.455. The maximum Gasteiger partial charge on any atom is 0.146 e. The van der Waals surface area contributed by atoms with E-state index < -0.39 is 5.83 Å². The Bertz CT molecular complexity index is 867. The van der Waals surface area contributed by atoms with E-state index in [2.05, 4.69) is 48.1 Å². The molecule has 0 aliphatic heterocycles. The molecule has 0 saturated heterocycles. The van der Waals surface area contributed by atoms with Gasteiger partial charge in [-0.2, -0.15) is 0 Å². The van der Waals surface area contributed by atoms with Gasteiger partial charge in [0, 0.05) is 34.7 Å². The molecular weight excluding hydrogens is 363 g/mol. The summed E-state index contributed by atoms with van der Waals surface area (Å²) in [7, 11) is 0. The molecule has 1 unspecified atom stereocenters. The zero-order chi connectivity index (χ0) is 21.7. The monoisotopic (exact) mass is 396 g/mol. The van der Waals surface area contributed by atoms with E-state index in [-0.39, 0.29) is 29.4 Å². The summed E-state index contributed by atoms with van der Waals surface area (Å²) in [5, 5.41) is 6.40. The second kappa shape index (κ2) is 9.61. The SMILES string of the molecule is C=C(N)C(/C=C(/F)C(=C)NC(C(C)C)[C@H](C)N)=C(/C)Nc1ccc2c(c1)CC=C2. The van der Waals surface area contributed by atoms with Crippen LogP contribution in [-0.2, 0) is 6.42 Å². The van der Waals surface area contributed by atoms with Gasteiger partial charge in [-0.15, -0.1) is 0 Å². The summed E-state index contributed by atoms with van der Waals surface area (Å²) in [5.41, 5.74) is 17.0. The summed E-state index contributed by atoms with van der Waals surface area (Å²) in [6.07, 6.45) is 6.51. The van der Waals surface area contributed by atoms with E-state index in [1.807, 2.05) is 33.8 Å². The lowest BCUT2D eigenvalue weighted by Crippen LogP contribution is -2.46. The van der Waals surface area contributed by atoms with E-state index in [4.69, 9.17) is 11.5 Å². The lowest BCUT2D eigenvalue weighted by molar-refractivity contribution is 0.375. The van der Waals surface area contributed by atoms with Gasteiger partial charge in [-0.3, -0.25) is 0 Å². The molecule has 1 aromatic carbocycles.